The van der Waals surface area contributed by atoms with E-state index in [-0.39, 0.29) is 37.2 Å². The second kappa shape index (κ2) is 10.9. The number of aliphatic hydroxyl groups excluding tert-OH is 1. The molecule has 1 heterocycles. The van der Waals surface area contributed by atoms with Crippen LogP contribution in [0, 0.1) is 0 Å². The Morgan fingerprint density at radius 3 is 2.49 bits per heavy atom. The van der Waals surface area contributed by atoms with Gasteiger partial charge in [-0.3, -0.25) is 9.69 Å². The quantitative estimate of drug-likeness (QED) is 0.394. The number of alkyl halides is 3. The van der Waals surface area contributed by atoms with E-state index in [1.54, 1.807) is 47.4 Å². The second-order valence-electron chi connectivity index (χ2n) is 10.0. The molecule has 0 aromatic heterocycles. The molecule has 1 aliphatic heterocycles. The number of nitrogens with zero attached hydrogens (tertiary/aromatic N) is 1. The number of aliphatic hydroxyl groups is 1. The number of halogens is 3. The molecule has 0 spiro atoms. The van der Waals surface area contributed by atoms with Crippen LogP contribution in [0.15, 0.2) is 54.6 Å². The topological polar surface area (TPSA) is 79.2 Å². The molecule has 5 rings (SSSR count). The molecule has 1 fully saturated rings. The summed E-state index contributed by atoms with van der Waals surface area (Å²) < 4.78 is 54.6. The Kier molecular flexibility index (Phi) is 7.55. The number of methoxy groups -OCH3 is 1. The van der Waals surface area contributed by atoms with Gasteiger partial charge in [0, 0.05) is 36.7 Å². The zero-order valence-corrected chi connectivity index (χ0v) is 21.5. The van der Waals surface area contributed by atoms with E-state index in [1.165, 1.54) is 19.2 Å². The lowest BCUT2D eigenvalue weighted by atomic mass is 9.95. The lowest BCUT2D eigenvalue weighted by Gasteiger charge is -2.25. The van der Waals surface area contributed by atoms with Crippen molar-refractivity contribution in [2.45, 2.75) is 57.2 Å². The number of carboxylic acid groups (broad SMARTS) is 1. The van der Waals surface area contributed by atoms with Crippen molar-refractivity contribution in [3.8, 4) is 22.6 Å². The highest BCUT2D eigenvalue weighted by Gasteiger charge is 2.38. The molecule has 39 heavy (non-hydrogen) atoms. The maximum atomic E-state index is 14.3. The van der Waals surface area contributed by atoms with Crippen molar-refractivity contribution in [2.24, 2.45) is 0 Å². The number of aliphatic carboxylic acids is 1. The Bertz CT molecular complexity index is 1360. The van der Waals surface area contributed by atoms with Crippen LogP contribution in [-0.4, -0.2) is 46.9 Å². The van der Waals surface area contributed by atoms with Crippen LogP contribution < -0.4 is 9.47 Å². The number of ether oxygens (including phenoxy) is 2. The van der Waals surface area contributed by atoms with Gasteiger partial charge < -0.3 is 19.7 Å². The number of benzene rings is 3. The van der Waals surface area contributed by atoms with Crippen molar-refractivity contribution in [3.05, 3.63) is 82.4 Å². The number of β-amino-alcohol motifs (C(OH)–C–C–N with tert-alkyl or cyclic N) is 1. The van der Waals surface area contributed by atoms with Crippen molar-refractivity contribution < 1.29 is 37.7 Å². The van der Waals surface area contributed by atoms with Gasteiger partial charge in [0.2, 0.25) is 0 Å². The Morgan fingerprint density at radius 1 is 1.05 bits per heavy atom. The lowest BCUT2D eigenvalue weighted by molar-refractivity contribution is -0.142. The molecule has 0 radical (unpaired) electrons. The fourth-order valence-corrected chi connectivity index (χ4v) is 5.86. The van der Waals surface area contributed by atoms with Gasteiger partial charge in [-0.2, -0.15) is 13.2 Å². The predicted molar refractivity (Wildman–Crippen MR) is 139 cm³/mol. The van der Waals surface area contributed by atoms with Crippen molar-refractivity contribution in [3.63, 3.8) is 0 Å². The van der Waals surface area contributed by atoms with Gasteiger partial charge in [0.15, 0.2) is 0 Å². The molecule has 0 unspecified atom stereocenters. The smallest absolute Gasteiger partial charge is 0.417 e. The second-order valence-corrected chi connectivity index (χ2v) is 10.0. The van der Waals surface area contributed by atoms with E-state index in [9.17, 15) is 28.2 Å². The van der Waals surface area contributed by atoms with Gasteiger partial charge in [0.1, 0.15) is 24.1 Å². The average molecular weight is 542 g/mol. The van der Waals surface area contributed by atoms with Crippen LogP contribution in [0.25, 0.3) is 11.1 Å². The van der Waals surface area contributed by atoms with E-state index >= 15 is 0 Å². The van der Waals surface area contributed by atoms with E-state index < -0.39 is 29.9 Å². The molecule has 3 aromatic carbocycles. The molecule has 2 aliphatic rings. The number of hydrogen-bond acceptors (Lipinski definition) is 5. The predicted octanol–water partition coefficient (Wildman–Crippen LogP) is 5.47. The Balaban J connectivity index is 1.47. The summed E-state index contributed by atoms with van der Waals surface area (Å²) >= 11 is 0. The third-order valence-corrected chi connectivity index (χ3v) is 7.59. The van der Waals surface area contributed by atoms with Crippen LogP contribution in [0.5, 0.6) is 11.5 Å². The van der Waals surface area contributed by atoms with E-state index in [2.05, 4.69) is 0 Å². The van der Waals surface area contributed by atoms with Gasteiger partial charge in [-0.25, -0.2) is 0 Å². The van der Waals surface area contributed by atoms with Crippen molar-refractivity contribution in [2.75, 3.05) is 13.7 Å². The number of carboxylic acids is 1. The Labute approximate surface area is 224 Å². The standard InChI is InChI=1S/C30H30F3NO5/c1-38-26-14-27(23-12-6-11-22(23)24(26)16-34-15-20(35)13-25(34)29(36)37)39-17-19-9-5-10-21(28(19)30(31,32)33)18-7-3-2-4-8-18/h2-5,7-10,14,20,25,35H,6,11-13,15-17H2,1H3,(H,36,37)/t20-,25+/m1/s1. The molecule has 0 amide bonds. The van der Waals surface area contributed by atoms with E-state index in [1.807, 2.05) is 0 Å². The average Bonchev–Trinajstić information content (AvgIpc) is 3.55. The molecule has 3 aromatic rings. The van der Waals surface area contributed by atoms with E-state index in [0.29, 0.717) is 23.5 Å². The highest BCUT2D eigenvalue weighted by atomic mass is 19.4. The summed E-state index contributed by atoms with van der Waals surface area (Å²) in [5, 5.41) is 19.7. The van der Waals surface area contributed by atoms with Crippen molar-refractivity contribution >= 4 is 5.97 Å². The highest BCUT2D eigenvalue weighted by molar-refractivity contribution is 5.74. The summed E-state index contributed by atoms with van der Waals surface area (Å²) in [6.45, 7) is 0.256. The first-order valence-electron chi connectivity index (χ1n) is 12.9. The van der Waals surface area contributed by atoms with Gasteiger partial charge in [-0.15, -0.1) is 0 Å². The molecule has 6 nitrogen and oxygen atoms in total. The van der Waals surface area contributed by atoms with Crippen molar-refractivity contribution in [1.29, 1.82) is 0 Å². The first kappa shape index (κ1) is 27.0. The van der Waals surface area contributed by atoms with Gasteiger partial charge >= 0.3 is 12.1 Å². The van der Waals surface area contributed by atoms with Crippen LogP contribution in [0.2, 0.25) is 0 Å². The van der Waals surface area contributed by atoms with Crippen LogP contribution in [0.4, 0.5) is 13.2 Å². The number of rotatable bonds is 8. The fourth-order valence-electron chi connectivity index (χ4n) is 5.86. The minimum absolute atomic E-state index is 0.0361. The third kappa shape index (κ3) is 5.46. The summed E-state index contributed by atoms with van der Waals surface area (Å²) in [7, 11) is 1.50. The number of likely N-dealkylation sites (tertiary alicyclic amines) is 1. The largest absolute Gasteiger partial charge is 0.496 e. The molecule has 9 heteroatoms. The van der Waals surface area contributed by atoms with Gasteiger partial charge in [0.05, 0.1) is 18.8 Å². The van der Waals surface area contributed by atoms with Crippen LogP contribution >= 0.6 is 0 Å². The molecule has 206 valence electrons. The van der Waals surface area contributed by atoms with Crippen LogP contribution in [-0.2, 0) is 37.0 Å². The summed E-state index contributed by atoms with van der Waals surface area (Å²) in [4.78, 5) is 13.5. The molecule has 0 saturated carbocycles. The van der Waals surface area contributed by atoms with Gasteiger partial charge in [0.25, 0.3) is 0 Å². The number of carbonyl (C=O) groups is 1. The maximum Gasteiger partial charge on any atom is 0.417 e. The fraction of sp³-hybridized carbons (Fsp3) is 0.367. The zero-order valence-electron chi connectivity index (χ0n) is 21.5. The Morgan fingerprint density at radius 2 is 1.79 bits per heavy atom. The minimum atomic E-state index is -4.57. The van der Waals surface area contributed by atoms with Crippen LogP contribution in [0.3, 0.4) is 0 Å². The Hall–Kier alpha value is -3.56. The summed E-state index contributed by atoms with van der Waals surface area (Å²) in [6.07, 6.45) is -2.87. The minimum Gasteiger partial charge on any atom is -0.496 e. The van der Waals surface area contributed by atoms with Crippen LogP contribution in [0.1, 0.15) is 40.7 Å². The maximum absolute atomic E-state index is 14.3. The molecule has 1 aliphatic carbocycles. The van der Waals surface area contributed by atoms with E-state index in [0.717, 1.165) is 29.5 Å². The molecule has 0 bridgehead atoms. The van der Waals surface area contributed by atoms with Gasteiger partial charge in [-0.1, -0.05) is 48.5 Å². The number of fused-ring (bicyclic) bond motifs is 1. The SMILES string of the molecule is COc1cc(OCc2cccc(-c3ccccc3)c2C(F)(F)F)c2c(c1CN1C[C@H](O)C[C@H]1C(=O)O)CCC2. The van der Waals surface area contributed by atoms with Crippen molar-refractivity contribution in [1.82, 2.24) is 4.90 Å². The monoisotopic (exact) mass is 541 g/mol. The third-order valence-electron chi connectivity index (χ3n) is 7.59. The first-order chi connectivity index (χ1) is 18.7. The van der Waals surface area contributed by atoms with E-state index in [4.69, 9.17) is 9.47 Å². The highest BCUT2D eigenvalue weighted by Crippen LogP contribution is 2.43. The molecular formula is C30H30F3NO5. The normalized spacial score (nSPS) is 19.2. The first-order valence-corrected chi connectivity index (χ1v) is 12.9. The molecule has 1 saturated heterocycles. The summed E-state index contributed by atoms with van der Waals surface area (Å²) in [5.41, 5.74) is 2.61. The molecule has 2 N–H and O–H groups in total. The van der Waals surface area contributed by atoms with Gasteiger partial charge in [-0.05, 0) is 41.5 Å². The molecular weight excluding hydrogens is 511 g/mol. The summed E-state index contributed by atoms with van der Waals surface area (Å²) in [5.74, 6) is -0.0249. The summed E-state index contributed by atoms with van der Waals surface area (Å²) in [6, 6.07) is 13.9. The zero-order chi connectivity index (χ0) is 27.7. The number of hydrogen-bond donors (Lipinski definition) is 2. The lowest BCUT2D eigenvalue weighted by Crippen LogP contribution is -2.35. The molecule has 2 atom stereocenters.